The number of unbranched alkanes of at least 4 members (excludes halogenated alkanes) is 2. The Morgan fingerprint density at radius 1 is 1.47 bits per heavy atom. The maximum atomic E-state index is 10.3. The summed E-state index contributed by atoms with van der Waals surface area (Å²) < 4.78 is 11.3. The van der Waals surface area contributed by atoms with E-state index in [1.54, 1.807) is 0 Å². The second-order valence-electron chi connectivity index (χ2n) is 4.32. The lowest BCUT2D eigenvalue weighted by Crippen LogP contribution is -2.27. The van der Waals surface area contributed by atoms with Gasteiger partial charge in [0.25, 0.3) is 0 Å². The highest BCUT2D eigenvalue weighted by atomic mass is 16.7. The van der Waals surface area contributed by atoms with Gasteiger partial charge in [0.2, 0.25) is 0 Å². The summed E-state index contributed by atoms with van der Waals surface area (Å²) in [5, 5.41) is 0. The van der Waals surface area contributed by atoms with Gasteiger partial charge in [0, 0.05) is 6.61 Å². The van der Waals surface area contributed by atoms with Crippen LogP contribution in [0.4, 0.5) is 0 Å². The maximum absolute atomic E-state index is 10.3. The smallest absolute Gasteiger partial charge is 0.192 e. The van der Waals surface area contributed by atoms with Crippen LogP contribution < -0.4 is 0 Å². The molecule has 0 amide bonds. The summed E-state index contributed by atoms with van der Waals surface area (Å²) in [6.45, 7) is 2.94. The summed E-state index contributed by atoms with van der Waals surface area (Å²) in [6, 6.07) is 0. The molecule has 0 saturated carbocycles. The Hall–Kier alpha value is -0.850. The van der Waals surface area contributed by atoms with Gasteiger partial charge in [-0.3, -0.25) is 4.79 Å². The van der Waals surface area contributed by atoms with Gasteiger partial charge in [0.05, 0.1) is 0 Å². The van der Waals surface area contributed by atoms with Crippen molar-refractivity contribution in [3.63, 3.8) is 0 Å². The summed E-state index contributed by atoms with van der Waals surface area (Å²) in [6.07, 6.45) is 7.85. The van der Waals surface area contributed by atoms with Gasteiger partial charge < -0.3 is 9.47 Å². The topological polar surface area (TPSA) is 35.5 Å². The molecule has 1 rings (SSSR count). The Kier molecular flexibility index (Phi) is 7.70. The average molecular weight is 238 g/mol. The number of ether oxygens (including phenoxy) is 2. The van der Waals surface area contributed by atoms with Gasteiger partial charge in [0.1, 0.15) is 6.10 Å². The second-order valence-corrected chi connectivity index (χ2v) is 4.32. The molecule has 1 aliphatic rings. The predicted molar refractivity (Wildman–Crippen MR) is 66.4 cm³/mol. The SMILES string of the molecule is CCCCCC(C#CC=O)OC1CCCCO1. The fourth-order valence-electron chi connectivity index (χ4n) is 1.88. The molecule has 1 fully saturated rings. The average Bonchev–Trinajstić information content (AvgIpc) is 2.37. The molecule has 3 heteroatoms. The Bertz CT molecular complexity index is 258. The molecule has 3 nitrogen and oxygen atoms in total. The minimum atomic E-state index is -0.158. The lowest BCUT2D eigenvalue weighted by molar-refractivity contribution is -0.177. The molecule has 0 bridgehead atoms. The van der Waals surface area contributed by atoms with E-state index in [1.807, 2.05) is 0 Å². The third-order valence-corrected chi connectivity index (χ3v) is 2.83. The van der Waals surface area contributed by atoms with Crippen molar-refractivity contribution in [1.29, 1.82) is 0 Å². The van der Waals surface area contributed by atoms with Crippen LogP contribution in [-0.4, -0.2) is 25.3 Å². The van der Waals surface area contributed by atoms with Crippen LogP contribution in [0, 0.1) is 11.8 Å². The number of aldehydes is 1. The van der Waals surface area contributed by atoms with E-state index in [2.05, 4.69) is 18.8 Å². The summed E-state index contributed by atoms with van der Waals surface area (Å²) in [4.78, 5) is 10.3. The van der Waals surface area contributed by atoms with Crippen molar-refractivity contribution >= 4 is 6.29 Å². The second kappa shape index (κ2) is 9.21. The zero-order valence-corrected chi connectivity index (χ0v) is 10.6. The normalized spacial score (nSPS) is 21.4. The van der Waals surface area contributed by atoms with Crippen molar-refractivity contribution in [2.45, 2.75) is 64.3 Å². The van der Waals surface area contributed by atoms with E-state index < -0.39 is 0 Å². The van der Waals surface area contributed by atoms with Crippen LogP contribution >= 0.6 is 0 Å². The Morgan fingerprint density at radius 2 is 2.35 bits per heavy atom. The van der Waals surface area contributed by atoms with Gasteiger partial charge in [-0.2, -0.15) is 0 Å². The highest BCUT2D eigenvalue weighted by molar-refractivity contribution is 5.72. The van der Waals surface area contributed by atoms with Crippen LogP contribution in [0.1, 0.15) is 51.9 Å². The highest BCUT2D eigenvalue weighted by Crippen LogP contribution is 2.17. The van der Waals surface area contributed by atoms with Gasteiger partial charge in [-0.05, 0) is 38.0 Å². The molecule has 2 unspecified atom stereocenters. The molecule has 0 radical (unpaired) electrons. The molecule has 1 aliphatic heterocycles. The number of carbonyl (C=O) groups excluding carboxylic acids is 1. The highest BCUT2D eigenvalue weighted by Gasteiger charge is 2.18. The van der Waals surface area contributed by atoms with Crippen molar-refractivity contribution in [2.75, 3.05) is 6.61 Å². The standard InChI is InChI=1S/C14H22O3/c1-2-3-4-8-13(9-7-11-15)17-14-10-5-6-12-16-14/h11,13-14H,2-6,8,10,12H2,1H3. The molecule has 0 aromatic carbocycles. The summed E-state index contributed by atoms with van der Waals surface area (Å²) >= 11 is 0. The minimum Gasteiger partial charge on any atom is -0.353 e. The van der Waals surface area contributed by atoms with Crippen molar-refractivity contribution in [1.82, 2.24) is 0 Å². The van der Waals surface area contributed by atoms with E-state index in [0.29, 0.717) is 6.29 Å². The van der Waals surface area contributed by atoms with Crippen LogP contribution in [0.25, 0.3) is 0 Å². The van der Waals surface area contributed by atoms with E-state index in [4.69, 9.17) is 9.47 Å². The van der Waals surface area contributed by atoms with E-state index >= 15 is 0 Å². The molecule has 17 heavy (non-hydrogen) atoms. The van der Waals surface area contributed by atoms with Crippen LogP contribution in [0.5, 0.6) is 0 Å². The fourth-order valence-corrected chi connectivity index (χ4v) is 1.88. The van der Waals surface area contributed by atoms with Crippen molar-refractivity contribution in [3.8, 4) is 11.8 Å². The zero-order chi connectivity index (χ0) is 12.3. The van der Waals surface area contributed by atoms with Crippen LogP contribution in [-0.2, 0) is 14.3 Å². The van der Waals surface area contributed by atoms with E-state index in [9.17, 15) is 4.79 Å². The Balaban J connectivity index is 2.35. The van der Waals surface area contributed by atoms with Gasteiger partial charge >= 0.3 is 0 Å². The van der Waals surface area contributed by atoms with Gasteiger partial charge in [0.15, 0.2) is 12.6 Å². The van der Waals surface area contributed by atoms with Crippen molar-refractivity contribution in [2.24, 2.45) is 0 Å². The lowest BCUT2D eigenvalue weighted by Gasteiger charge is -2.25. The van der Waals surface area contributed by atoms with E-state index in [-0.39, 0.29) is 12.4 Å². The molecule has 0 N–H and O–H groups in total. The first kappa shape index (κ1) is 14.2. The van der Waals surface area contributed by atoms with Gasteiger partial charge in [-0.1, -0.05) is 25.7 Å². The Labute approximate surface area is 104 Å². The number of carbonyl (C=O) groups is 1. The summed E-state index contributed by atoms with van der Waals surface area (Å²) in [7, 11) is 0. The van der Waals surface area contributed by atoms with Crippen LogP contribution in [0.3, 0.4) is 0 Å². The van der Waals surface area contributed by atoms with Crippen LogP contribution in [0.2, 0.25) is 0 Å². The molecule has 0 aromatic rings. The molecular formula is C14H22O3. The van der Waals surface area contributed by atoms with E-state index in [0.717, 1.165) is 38.7 Å². The van der Waals surface area contributed by atoms with E-state index in [1.165, 1.54) is 12.8 Å². The first-order chi connectivity index (χ1) is 8.36. The monoisotopic (exact) mass is 238 g/mol. The number of rotatable bonds is 6. The lowest BCUT2D eigenvalue weighted by atomic mass is 10.1. The first-order valence-electron chi connectivity index (χ1n) is 6.58. The molecule has 0 spiro atoms. The van der Waals surface area contributed by atoms with Crippen molar-refractivity contribution < 1.29 is 14.3 Å². The fraction of sp³-hybridized carbons (Fsp3) is 0.786. The molecule has 1 saturated heterocycles. The molecule has 1 heterocycles. The molecule has 96 valence electrons. The first-order valence-corrected chi connectivity index (χ1v) is 6.58. The predicted octanol–water partition coefficient (Wildman–Crippen LogP) is 2.68. The quantitative estimate of drug-likeness (QED) is 0.405. The van der Waals surface area contributed by atoms with Crippen molar-refractivity contribution in [3.05, 3.63) is 0 Å². The molecular weight excluding hydrogens is 216 g/mol. The molecule has 2 atom stereocenters. The summed E-state index contributed by atoms with van der Waals surface area (Å²) in [5.74, 6) is 5.31. The Morgan fingerprint density at radius 3 is 3.00 bits per heavy atom. The maximum Gasteiger partial charge on any atom is 0.192 e. The molecule has 0 aliphatic carbocycles. The van der Waals surface area contributed by atoms with Crippen LogP contribution in [0.15, 0.2) is 0 Å². The number of hydrogen-bond donors (Lipinski definition) is 0. The van der Waals surface area contributed by atoms with Gasteiger partial charge in [-0.25, -0.2) is 0 Å². The molecule has 0 aromatic heterocycles. The summed E-state index contributed by atoms with van der Waals surface area (Å²) in [5.41, 5.74) is 0. The third kappa shape index (κ3) is 6.45. The number of hydrogen-bond acceptors (Lipinski definition) is 3. The minimum absolute atomic E-state index is 0.128. The third-order valence-electron chi connectivity index (χ3n) is 2.83. The zero-order valence-electron chi connectivity index (χ0n) is 10.6. The van der Waals surface area contributed by atoms with Gasteiger partial charge in [-0.15, -0.1) is 0 Å². The largest absolute Gasteiger partial charge is 0.353 e.